The largest absolute Gasteiger partial charge is 0.0656 e. The van der Waals surface area contributed by atoms with E-state index in [0.717, 1.165) is 25.7 Å². The maximum Gasteiger partial charge on any atom is -0.0307 e. The molecule has 0 N–H and O–H groups in total. The van der Waals surface area contributed by atoms with Crippen molar-refractivity contribution in [2.24, 2.45) is 0 Å². The van der Waals surface area contributed by atoms with Crippen molar-refractivity contribution in [3.8, 4) is 0 Å². The van der Waals surface area contributed by atoms with Gasteiger partial charge in [-0.1, -0.05) is 96.0 Å². The van der Waals surface area contributed by atoms with Crippen LogP contribution in [0.25, 0.3) is 0 Å². The molecule has 2 aromatic rings. The van der Waals surface area contributed by atoms with E-state index in [1.807, 2.05) is 0 Å². The predicted molar refractivity (Wildman–Crippen MR) is 111 cm³/mol. The van der Waals surface area contributed by atoms with Gasteiger partial charge in [-0.2, -0.15) is 0 Å². The molecule has 2 rings (SSSR count). The number of rotatable bonds is 4. The first-order valence-corrected chi connectivity index (χ1v) is 9.71. The summed E-state index contributed by atoms with van der Waals surface area (Å²) in [5.41, 5.74) is 7.17. The van der Waals surface area contributed by atoms with Gasteiger partial charge in [0.05, 0.1) is 0 Å². The molecule has 0 nitrogen and oxygen atoms in total. The molecule has 2 aromatic carbocycles. The molecule has 0 heteroatoms. The predicted octanol–water partition coefficient (Wildman–Crippen LogP) is 7.35. The van der Waals surface area contributed by atoms with Gasteiger partial charge >= 0.3 is 0 Å². The molecule has 0 spiro atoms. The molecule has 0 aliphatic heterocycles. The monoisotopic (exact) mass is 326 g/mol. The summed E-state index contributed by atoms with van der Waals surface area (Å²) >= 11 is 0. The molecule has 0 heterocycles. The molecule has 0 aliphatic carbocycles. The normalized spacial score (nSPS) is 9.46. The summed E-state index contributed by atoms with van der Waals surface area (Å²) in [4.78, 5) is 0. The van der Waals surface area contributed by atoms with E-state index in [-0.39, 0.29) is 0 Å². The molecular weight excluding hydrogens is 288 g/mol. The van der Waals surface area contributed by atoms with Gasteiger partial charge in [0.1, 0.15) is 0 Å². The third-order valence-electron chi connectivity index (χ3n) is 3.85. The van der Waals surface area contributed by atoms with Gasteiger partial charge in [0.15, 0.2) is 0 Å². The average Bonchev–Trinajstić information content (AvgIpc) is 2.62. The fraction of sp³-hybridized carbons (Fsp3) is 0.500. The second-order valence-corrected chi connectivity index (χ2v) is 6.26. The van der Waals surface area contributed by atoms with Crippen LogP contribution >= 0.6 is 0 Å². The van der Waals surface area contributed by atoms with Crippen molar-refractivity contribution in [1.29, 1.82) is 0 Å². The Morgan fingerprint density at radius 2 is 0.792 bits per heavy atom. The molecule has 0 unspecified atom stereocenters. The van der Waals surface area contributed by atoms with Gasteiger partial charge in [0, 0.05) is 0 Å². The van der Waals surface area contributed by atoms with E-state index in [0.29, 0.717) is 0 Å². The molecule has 0 saturated carbocycles. The van der Waals surface area contributed by atoms with Gasteiger partial charge in [-0.05, 0) is 54.9 Å². The van der Waals surface area contributed by atoms with Crippen LogP contribution in [-0.2, 0) is 25.7 Å². The van der Waals surface area contributed by atoms with Crippen molar-refractivity contribution in [3.63, 3.8) is 0 Å². The van der Waals surface area contributed by atoms with Crippen molar-refractivity contribution >= 4 is 0 Å². The minimum Gasteiger partial charge on any atom is -0.0656 e. The maximum absolute atomic E-state index is 2.30. The summed E-state index contributed by atoms with van der Waals surface area (Å²) in [7, 11) is 0. The molecule has 134 valence electrons. The number of hydrogen-bond donors (Lipinski definition) is 0. The highest BCUT2D eigenvalue weighted by Gasteiger charge is 1.94. The Labute approximate surface area is 151 Å². The lowest BCUT2D eigenvalue weighted by Gasteiger charge is -2.02. The van der Waals surface area contributed by atoms with Gasteiger partial charge in [0.2, 0.25) is 0 Å². The summed E-state index contributed by atoms with van der Waals surface area (Å²) in [6, 6.07) is 15.7. The van der Waals surface area contributed by atoms with Crippen LogP contribution in [0.2, 0.25) is 0 Å². The van der Waals surface area contributed by atoms with Gasteiger partial charge < -0.3 is 0 Å². The Kier molecular flexibility index (Phi) is 12.9. The minimum absolute atomic E-state index is 1.14. The highest BCUT2D eigenvalue weighted by Crippen LogP contribution is 2.10. The van der Waals surface area contributed by atoms with Crippen LogP contribution in [0, 0.1) is 6.92 Å². The van der Waals surface area contributed by atoms with Crippen LogP contribution in [0.15, 0.2) is 42.5 Å². The van der Waals surface area contributed by atoms with Crippen LogP contribution in [0.4, 0.5) is 0 Å². The zero-order valence-corrected chi connectivity index (χ0v) is 17.1. The Balaban J connectivity index is 0.000000381. The van der Waals surface area contributed by atoms with Crippen LogP contribution in [-0.4, -0.2) is 0 Å². The summed E-state index contributed by atoms with van der Waals surface area (Å²) in [6.45, 7) is 15.2. The van der Waals surface area contributed by atoms with Crippen molar-refractivity contribution in [3.05, 3.63) is 70.3 Å². The summed E-state index contributed by atoms with van der Waals surface area (Å²) in [5.74, 6) is 0. The SMILES string of the molecule is CCC.CCc1cc(C)cc(CC)c1.CCc1ccc(CC)cc1. The topological polar surface area (TPSA) is 0 Å². The molecule has 0 atom stereocenters. The Morgan fingerprint density at radius 3 is 1.04 bits per heavy atom. The van der Waals surface area contributed by atoms with E-state index in [1.165, 1.54) is 34.2 Å². The van der Waals surface area contributed by atoms with Crippen LogP contribution in [0.1, 0.15) is 75.8 Å². The van der Waals surface area contributed by atoms with E-state index < -0.39 is 0 Å². The highest BCUT2D eigenvalue weighted by molar-refractivity contribution is 5.29. The lowest BCUT2D eigenvalue weighted by molar-refractivity contribution is 1.08. The van der Waals surface area contributed by atoms with E-state index in [1.54, 1.807) is 0 Å². The summed E-state index contributed by atoms with van der Waals surface area (Å²) < 4.78 is 0. The second-order valence-electron chi connectivity index (χ2n) is 6.26. The molecule has 0 bridgehead atoms. The lowest BCUT2D eigenvalue weighted by atomic mass is 10.0. The van der Waals surface area contributed by atoms with Gasteiger partial charge in [-0.3, -0.25) is 0 Å². The lowest BCUT2D eigenvalue weighted by Crippen LogP contribution is -1.87. The Morgan fingerprint density at radius 1 is 0.500 bits per heavy atom. The molecule has 0 radical (unpaired) electrons. The number of benzene rings is 2. The fourth-order valence-electron chi connectivity index (χ4n) is 2.37. The molecule has 0 aliphatic rings. The first-order chi connectivity index (χ1) is 11.5. The third kappa shape index (κ3) is 9.55. The second kappa shape index (κ2) is 13.8. The zero-order chi connectivity index (χ0) is 18.4. The standard InChI is InChI=1S/C11H16.C10H14.C3H8/c1-4-10-6-9(3)7-11(5-2)8-10;1-3-9-5-7-10(4-2)8-6-9;1-3-2/h6-8H,4-5H2,1-3H3;5-8H,3-4H2,1-2H3;3H2,1-2H3. The van der Waals surface area contributed by atoms with Crippen LogP contribution in [0.3, 0.4) is 0 Å². The molecular formula is C24H38. The van der Waals surface area contributed by atoms with E-state index in [4.69, 9.17) is 0 Å². The maximum atomic E-state index is 2.30. The molecule has 0 saturated heterocycles. The molecule has 0 fully saturated rings. The number of hydrogen-bond acceptors (Lipinski definition) is 0. The number of aryl methyl sites for hydroxylation is 5. The quantitative estimate of drug-likeness (QED) is 0.551. The first kappa shape index (κ1) is 22.4. The molecule has 0 amide bonds. The van der Waals surface area contributed by atoms with Crippen LogP contribution < -0.4 is 0 Å². The zero-order valence-electron chi connectivity index (χ0n) is 17.1. The summed E-state index contributed by atoms with van der Waals surface area (Å²) in [5, 5.41) is 0. The first-order valence-electron chi connectivity index (χ1n) is 9.71. The van der Waals surface area contributed by atoms with Crippen molar-refractivity contribution < 1.29 is 0 Å². The van der Waals surface area contributed by atoms with Crippen LogP contribution in [0.5, 0.6) is 0 Å². The van der Waals surface area contributed by atoms with E-state index in [9.17, 15) is 0 Å². The smallest absolute Gasteiger partial charge is 0.0307 e. The minimum atomic E-state index is 1.14. The van der Waals surface area contributed by atoms with Crippen molar-refractivity contribution in [2.75, 3.05) is 0 Å². The summed E-state index contributed by atoms with van der Waals surface area (Å²) in [6.07, 6.45) is 5.83. The van der Waals surface area contributed by atoms with Crippen molar-refractivity contribution in [2.45, 2.75) is 80.6 Å². The average molecular weight is 327 g/mol. The van der Waals surface area contributed by atoms with Gasteiger partial charge in [-0.25, -0.2) is 0 Å². The third-order valence-corrected chi connectivity index (χ3v) is 3.85. The molecule has 0 aromatic heterocycles. The Bertz CT molecular complexity index is 489. The van der Waals surface area contributed by atoms with Crippen molar-refractivity contribution in [1.82, 2.24) is 0 Å². The Hall–Kier alpha value is -1.56. The highest BCUT2D eigenvalue weighted by atomic mass is 14.0. The fourth-order valence-corrected chi connectivity index (χ4v) is 2.37. The van der Waals surface area contributed by atoms with E-state index in [2.05, 4.69) is 90.9 Å². The van der Waals surface area contributed by atoms with Gasteiger partial charge in [0.25, 0.3) is 0 Å². The van der Waals surface area contributed by atoms with Gasteiger partial charge in [-0.15, -0.1) is 0 Å². The van der Waals surface area contributed by atoms with E-state index >= 15 is 0 Å². The molecule has 24 heavy (non-hydrogen) atoms.